The number of nitrogens with one attached hydrogen (secondary N) is 2. The van der Waals surface area contributed by atoms with Gasteiger partial charge in [0.15, 0.2) is 5.78 Å². The number of nitrogens with zero attached hydrogens (tertiary/aromatic N) is 2. The number of hydrogen-bond acceptors (Lipinski definition) is 5. The van der Waals surface area contributed by atoms with Crippen LogP contribution in [0.4, 0.5) is 4.39 Å². The fraction of sp³-hybridized carbons (Fsp3) is 0.200. The topological polar surface area (TPSA) is 104 Å². The summed E-state index contributed by atoms with van der Waals surface area (Å²) in [5.41, 5.74) is 2.79. The lowest BCUT2D eigenvalue weighted by Crippen LogP contribution is -2.38. The lowest BCUT2D eigenvalue weighted by atomic mass is 9.80. The van der Waals surface area contributed by atoms with Crippen LogP contribution in [0.2, 0.25) is 0 Å². The summed E-state index contributed by atoms with van der Waals surface area (Å²) in [6.07, 6.45) is 7.38. The number of para-hydroxylation sites is 1. The molecule has 0 bridgehead atoms. The van der Waals surface area contributed by atoms with Gasteiger partial charge in [0.05, 0.1) is 17.4 Å². The van der Waals surface area contributed by atoms with Gasteiger partial charge in [0.2, 0.25) is 0 Å². The second kappa shape index (κ2) is 8.58. The number of allylic oxidation sites excluding steroid dienone is 2. The summed E-state index contributed by atoms with van der Waals surface area (Å²) in [5, 5.41) is 1.51. The van der Waals surface area contributed by atoms with E-state index in [9.17, 15) is 23.6 Å². The molecule has 2 N–H and O–H groups in total. The van der Waals surface area contributed by atoms with E-state index in [1.165, 1.54) is 34.1 Å². The first-order chi connectivity index (χ1) is 16.4. The van der Waals surface area contributed by atoms with Gasteiger partial charge in [0.25, 0.3) is 11.5 Å². The quantitative estimate of drug-likeness (QED) is 0.609. The van der Waals surface area contributed by atoms with E-state index in [0.717, 1.165) is 25.3 Å². The van der Waals surface area contributed by atoms with E-state index >= 15 is 0 Å². The van der Waals surface area contributed by atoms with Crippen molar-refractivity contribution < 1.29 is 14.0 Å². The van der Waals surface area contributed by atoms with Gasteiger partial charge < -0.3 is 0 Å². The molecule has 5 rings (SSSR count). The van der Waals surface area contributed by atoms with Crippen LogP contribution in [0, 0.1) is 11.7 Å². The maximum atomic E-state index is 14.6. The number of halogens is 1. The smallest absolute Gasteiger partial charge is 0.298 e. The summed E-state index contributed by atoms with van der Waals surface area (Å²) in [6, 6.07) is 10.4. The molecule has 1 fully saturated rings. The Balaban J connectivity index is 1.40. The molecule has 9 heteroatoms. The van der Waals surface area contributed by atoms with Crippen molar-refractivity contribution in [2.24, 2.45) is 5.92 Å². The molecule has 172 valence electrons. The fourth-order valence-corrected chi connectivity index (χ4v) is 4.11. The molecule has 34 heavy (non-hydrogen) atoms. The maximum absolute atomic E-state index is 14.6. The van der Waals surface area contributed by atoms with Gasteiger partial charge in [-0.3, -0.25) is 29.4 Å². The van der Waals surface area contributed by atoms with Crippen molar-refractivity contribution in [1.82, 2.24) is 20.0 Å². The van der Waals surface area contributed by atoms with Crippen LogP contribution < -0.4 is 16.7 Å². The number of carbonyl (C=O) groups excluding carboxylic acids is 2. The monoisotopic (exact) mass is 460 g/mol. The highest BCUT2D eigenvalue weighted by Gasteiger charge is 2.28. The Morgan fingerprint density at radius 3 is 2.59 bits per heavy atom. The molecule has 8 nitrogen and oxygen atoms in total. The number of ketones is 1. The van der Waals surface area contributed by atoms with Gasteiger partial charge in [0.1, 0.15) is 5.82 Å². The van der Waals surface area contributed by atoms with Gasteiger partial charge in [-0.25, -0.2) is 14.2 Å². The van der Waals surface area contributed by atoms with E-state index in [4.69, 9.17) is 0 Å². The molecule has 2 aliphatic rings. The van der Waals surface area contributed by atoms with Crippen molar-refractivity contribution in [3.63, 3.8) is 0 Å². The van der Waals surface area contributed by atoms with Crippen LogP contribution in [0.25, 0.3) is 10.9 Å². The first-order valence-corrected chi connectivity index (χ1v) is 10.9. The maximum Gasteiger partial charge on any atom is 0.329 e. The zero-order valence-electron chi connectivity index (χ0n) is 18.1. The highest BCUT2D eigenvalue weighted by Crippen LogP contribution is 2.30. The fourth-order valence-electron chi connectivity index (χ4n) is 4.11. The van der Waals surface area contributed by atoms with Gasteiger partial charge in [-0.05, 0) is 49.2 Å². The number of fused-ring (bicyclic) bond motifs is 1. The van der Waals surface area contributed by atoms with E-state index in [2.05, 4.69) is 10.4 Å². The Kier molecular flexibility index (Phi) is 5.45. The summed E-state index contributed by atoms with van der Waals surface area (Å²) in [4.78, 5) is 52.1. The second-order valence-corrected chi connectivity index (χ2v) is 8.38. The number of benzene rings is 2. The Bertz CT molecular complexity index is 1500. The van der Waals surface area contributed by atoms with E-state index < -0.39 is 23.0 Å². The Hall–Kier alpha value is -4.27. The molecule has 0 atom stereocenters. The summed E-state index contributed by atoms with van der Waals surface area (Å²) in [7, 11) is 0. The van der Waals surface area contributed by atoms with Crippen molar-refractivity contribution in [2.45, 2.75) is 25.8 Å². The summed E-state index contributed by atoms with van der Waals surface area (Å²) >= 11 is 0. The van der Waals surface area contributed by atoms with Crippen LogP contribution in [0.3, 0.4) is 0 Å². The first kappa shape index (κ1) is 21.6. The molecule has 0 saturated heterocycles. The van der Waals surface area contributed by atoms with Crippen molar-refractivity contribution in [3.05, 3.63) is 104 Å². The average Bonchev–Trinajstić information content (AvgIpc) is 2.81. The van der Waals surface area contributed by atoms with Gasteiger partial charge in [-0.2, -0.15) is 0 Å². The van der Waals surface area contributed by atoms with E-state index in [0.29, 0.717) is 16.5 Å². The highest BCUT2D eigenvalue weighted by atomic mass is 19.1. The summed E-state index contributed by atoms with van der Waals surface area (Å²) < 4.78 is 15.9. The van der Waals surface area contributed by atoms with Crippen LogP contribution in [0.5, 0.6) is 0 Å². The summed E-state index contributed by atoms with van der Waals surface area (Å²) in [5.74, 6) is -0.937. The average molecular weight is 460 g/mol. The Morgan fingerprint density at radius 1 is 1.09 bits per heavy atom. The lowest BCUT2D eigenvalue weighted by molar-refractivity contribution is -0.121. The number of hydrazine groups is 1. The van der Waals surface area contributed by atoms with E-state index in [1.54, 1.807) is 30.3 Å². The molecule has 1 aromatic heterocycles. The normalized spacial score (nSPS) is 15.6. The minimum Gasteiger partial charge on any atom is -0.298 e. The van der Waals surface area contributed by atoms with E-state index in [-0.39, 0.29) is 29.4 Å². The third kappa shape index (κ3) is 3.85. The van der Waals surface area contributed by atoms with Crippen molar-refractivity contribution in [3.8, 4) is 0 Å². The van der Waals surface area contributed by atoms with Crippen molar-refractivity contribution in [2.75, 3.05) is 0 Å². The summed E-state index contributed by atoms with van der Waals surface area (Å²) in [6.45, 7) is -0.174. The molecule has 1 aliphatic carbocycles. The third-order valence-electron chi connectivity index (χ3n) is 6.27. The zero-order valence-corrected chi connectivity index (χ0v) is 18.1. The van der Waals surface area contributed by atoms with Crippen LogP contribution in [0.15, 0.2) is 76.1 Å². The number of aromatic nitrogens is 2. The molecule has 0 unspecified atom stereocenters. The van der Waals surface area contributed by atoms with Crippen LogP contribution in [-0.2, 0) is 11.3 Å². The molecule has 0 radical (unpaired) electrons. The zero-order chi connectivity index (χ0) is 23.8. The number of Topliss-reactive ketones (excluding diaryl/α,β-unsaturated/α-hetero) is 1. The largest absolute Gasteiger partial charge is 0.329 e. The third-order valence-corrected chi connectivity index (χ3v) is 6.27. The van der Waals surface area contributed by atoms with Crippen molar-refractivity contribution >= 4 is 22.6 Å². The first-order valence-electron chi connectivity index (χ1n) is 10.9. The van der Waals surface area contributed by atoms with Gasteiger partial charge in [-0.1, -0.05) is 18.6 Å². The Labute approximate surface area is 193 Å². The molecule has 1 saturated carbocycles. The van der Waals surface area contributed by atoms with Gasteiger partial charge >= 0.3 is 5.69 Å². The van der Waals surface area contributed by atoms with Crippen LogP contribution in [-0.4, -0.2) is 26.3 Å². The van der Waals surface area contributed by atoms with Gasteiger partial charge in [-0.15, -0.1) is 0 Å². The molecule has 2 heterocycles. The predicted molar refractivity (Wildman–Crippen MR) is 123 cm³/mol. The number of rotatable bonds is 5. The number of hydrogen-bond donors (Lipinski definition) is 2. The molecule has 1 amide bonds. The minimum absolute atomic E-state index is 0.0482. The van der Waals surface area contributed by atoms with Crippen LogP contribution in [0.1, 0.15) is 35.2 Å². The SMILES string of the molecule is O=C(C1=CNN(C(=O)c2ccc(F)c(Cn3c(=O)[nH]c(=O)c4ccccc43)c2)C=C1)C1CCC1. The molecule has 0 spiro atoms. The molecule has 3 aromatic rings. The molecule has 1 aliphatic heterocycles. The van der Waals surface area contributed by atoms with Gasteiger partial charge in [0, 0.05) is 35.0 Å². The van der Waals surface area contributed by atoms with Crippen molar-refractivity contribution in [1.29, 1.82) is 0 Å². The molecular formula is C25H21FN4O4. The molecule has 2 aromatic carbocycles. The number of aromatic amines is 1. The second-order valence-electron chi connectivity index (χ2n) is 8.38. The number of carbonyl (C=O) groups is 2. The van der Waals surface area contributed by atoms with Crippen LogP contribution >= 0.6 is 0 Å². The molecular weight excluding hydrogens is 439 g/mol. The van der Waals surface area contributed by atoms with E-state index in [1.807, 2.05) is 0 Å². The number of H-pyrrole nitrogens is 1. The standard InChI is InChI=1S/C25H21FN4O4/c26-20-9-8-16(24(33)30-11-10-17(13-27-30)22(31)15-4-3-5-15)12-18(20)14-29-21-7-2-1-6-19(21)23(32)28-25(29)34/h1-2,6-13,15,27H,3-5,14H2,(H,28,32,34). The minimum atomic E-state index is -0.672. The highest BCUT2D eigenvalue weighted by molar-refractivity contribution is 6.01. The lowest BCUT2D eigenvalue weighted by Gasteiger charge is -2.27. The Morgan fingerprint density at radius 2 is 1.88 bits per heavy atom. The number of amides is 1. The predicted octanol–water partition coefficient (Wildman–Crippen LogP) is 2.60.